The maximum absolute atomic E-state index is 12.4. The zero-order valence-corrected chi connectivity index (χ0v) is 10.4. The van der Waals surface area contributed by atoms with Gasteiger partial charge in [-0.15, -0.1) is 0 Å². The molecular formula is C16H11F3O. The molecule has 0 atom stereocenters. The second kappa shape index (κ2) is 5.74. The second-order valence-electron chi connectivity index (χ2n) is 4.18. The lowest BCUT2D eigenvalue weighted by atomic mass is 10.1. The summed E-state index contributed by atoms with van der Waals surface area (Å²) in [6, 6.07) is 13.3. The van der Waals surface area contributed by atoms with E-state index >= 15 is 0 Å². The van der Waals surface area contributed by atoms with E-state index in [1.165, 1.54) is 24.3 Å². The van der Waals surface area contributed by atoms with Gasteiger partial charge in [0, 0.05) is 5.56 Å². The molecule has 0 fully saturated rings. The molecule has 4 heteroatoms. The Morgan fingerprint density at radius 3 is 2.05 bits per heavy atom. The smallest absolute Gasteiger partial charge is 0.289 e. The van der Waals surface area contributed by atoms with Crippen molar-refractivity contribution in [3.05, 3.63) is 77.4 Å². The minimum absolute atomic E-state index is 0.189. The van der Waals surface area contributed by atoms with Crippen LogP contribution in [0.2, 0.25) is 0 Å². The molecule has 1 nitrogen and oxygen atoms in total. The van der Waals surface area contributed by atoms with E-state index in [0.29, 0.717) is 11.1 Å². The summed E-state index contributed by atoms with van der Waals surface area (Å²) >= 11 is 0. The van der Waals surface area contributed by atoms with Crippen molar-refractivity contribution >= 4 is 11.9 Å². The minimum Gasteiger partial charge on any atom is -0.289 e. The summed E-state index contributed by atoms with van der Waals surface area (Å²) < 4.78 is 37.1. The highest BCUT2D eigenvalue weighted by atomic mass is 19.4. The molecule has 0 bridgehead atoms. The largest absolute Gasteiger partial charge is 0.416 e. The summed E-state index contributed by atoms with van der Waals surface area (Å²) in [5, 5.41) is 0. The molecule has 0 N–H and O–H groups in total. The molecule has 0 unspecified atom stereocenters. The summed E-state index contributed by atoms with van der Waals surface area (Å²) in [6.45, 7) is 0. The molecule has 0 aliphatic heterocycles. The average molecular weight is 276 g/mol. The van der Waals surface area contributed by atoms with Gasteiger partial charge in [0.05, 0.1) is 5.56 Å². The topological polar surface area (TPSA) is 17.1 Å². The Morgan fingerprint density at radius 1 is 0.900 bits per heavy atom. The summed E-state index contributed by atoms with van der Waals surface area (Å²) in [7, 11) is 0. The van der Waals surface area contributed by atoms with Gasteiger partial charge >= 0.3 is 6.18 Å². The van der Waals surface area contributed by atoms with Gasteiger partial charge in [-0.2, -0.15) is 13.2 Å². The number of rotatable bonds is 3. The standard InChI is InChI=1S/C16H11F3O/c17-16(18,19)14-9-6-12(7-10-14)8-11-15(20)13-4-2-1-3-5-13/h1-11H/b11-8-. The van der Waals surface area contributed by atoms with Crippen molar-refractivity contribution in [1.82, 2.24) is 0 Å². The van der Waals surface area contributed by atoms with E-state index in [-0.39, 0.29) is 5.78 Å². The summed E-state index contributed by atoms with van der Waals surface area (Å²) in [4.78, 5) is 11.8. The first kappa shape index (κ1) is 14.1. The van der Waals surface area contributed by atoms with E-state index in [1.807, 2.05) is 0 Å². The number of hydrogen-bond donors (Lipinski definition) is 0. The van der Waals surface area contributed by atoms with Gasteiger partial charge in [-0.05, 0) is 23.8 Å². The summed E-state index contributed by atoms with van der Waals surface area (Å²) in [5.41, 5.74) is 0.377. The van der Waals surface area contributed by atoms with Gasteiger partial charge in [-0.3, -0.25) is 4.79 Å². The zero-order valence-electron chi connectivity index (χ0n) is 10.4. The third-order valence-corrected chi connectivity index (χ3v) is 2.72. The SMILES string of the molecule is O=C(/C=C\c1ccc(C(F)(F)F)cc1)c1ccccc1. The summed E-state index contributed by atoms with van der Waals surface area (Å²) in [6.07, 6.45) is -1.50. The van der Waals surface area contributed by atoms with Crippen LogP contribution in [0.15, 0.2) is 60.7 Å². The number of allylic oxidation sites excluding steroid dienone is 1. The Morgan fingerprint density at radius 2 is 1.50 bits per heavy atom. The number of hydrogen-bond acceptors (Lipinski definition) is 1. The average Bonchev–Trinajstić information content (AvgIpc) is 2.45. The number of carbonyl (C=O) groups excluding carboxylic acids is 1. The molecule has 20 heavy (non-hydrogen) atoms. The van der Waals surface area contributed by atoms with Crippen molar-refractivity contribution in [2.75, 3.05) is 0 Å². The quantitative estimate of drug-likeness (QED) is 0.591. The van der Waals surface area contributed by atoms with Gasteiger partial charge in [0.25, 0.3) is 0 Å². The van der Waals surface area contributed by atoms with E-state index in [0.717, 1.165) is 12.1 Å². The second-order valence-corrected chi connectivity index (χ2v) is 4.18. The Bertz CT molecular complexity index is 610. The van der Waals surface area contributed by atoms with Crippen LogP contribution in [0.25, 0.3) is 6.08 Å². The van der Waals surface area contributed by atoms with Crippen molar-refractivity contribution in [2.24, 2.45) is 0 Å². The molecule has 0 aliphatic carbocycles. The molecule has 102 valence electrons. The third-order valence-electron chi connectivity index (χ3n) is 2.72. The predicted octanol–water partition coefficient (Wildman–Crippen LogP) is 4.60. The van der Waals surface area contributed by atoms with Crippen molar-refractivity contribution in [1.29, 1.82) is 0 Å². The normalized spacial score (nSPS) is 11.8. The molecule has 2 aromatic rings. The fourth-order valence-electron chi connectivity index (χ4n) is 1.65. The highest BCUT2D eigenvalue weighted by Gasteiger charge is 2.29. The highest BCUT2D eigenvalue weighted by molar-refractivity contribution is 6.06. The van der Waals surface area contributed by atoms with Crippen LogP contribution < -0.4 is 0 Å². The van der Waals surface area contributed by atoms with Crippen LogP contribution in [0.5, 0.6) is 0 Å². The molecule has 0 aromatic heterocycles. The van der Waals surface area contributed by atoms with Crippen LogP contribution in [0.4, 0.5) is 13.2 Å². The van der Waals surface area contributed by atoms with Gasteiger partial charge in [-0.25, -0.2) is 0 Å². The van der Waals surface area contributed by atoms with Crippen molar-refractivity contribution in [3.8, 4) is 0 Å². The van der Waals surface area contributed by atoms with Crippen LogP contribution in [0, 0.1) is 0 Å². The van der Waals surface area contributed by atoms with E-state index in [4.69, 9.17) is 0 Å². The lowest BCUT2D eigenvalue weighted by molar-refractivity contribution is -0.137. The lowest BCUT2D eigenvalue weighted by Crippen LogP contribution is -2.04. The van der Waals surface area contributed by atoms with Crippen LogP contribution in [0.1, 0.15) is 21.5 Å². The first-order valence-electron chi connectivity index (χ1n) is 5.91. The number of alkyl halides is 3. The molecule has 0 saturated carbocycles. The first-order chi connectivity index (χ1) is 9.47. The Balaban J connectivity index is 2.11. The van der Waals surface area contributed by atoms with Crippen molar-refractivity contribution in [3.63, 3.8) is 0 Å². The van der Waals surface area contributed by atoms with Gasteiger partial charge < -0.3 is 0 Å². The van der Waals surface area contributed by atoms with E-state index < -0.39 is 11.7 Å². The molecule has 0 amide bonds. The van der Waals surface area contributed by atoms with Crippen molar-refractivity contribution in [2.45, 2.75) is 6.18 Å². The molecular weight excluding hydrogens is 265 g/mol. The molecule has 0 aliphatic rings. The Labute approximate surface area is 114 Å². The monoisotopic (exact) mass is 276 g/mol. The van der Waals surface area contributed by atoms with Crippen molar-refractivity contribution < 1.29 is 18.0 Å². The summed E-state index contributed by atoms with van der Waals surface area (Å²) in [5.74, 6) is -0.189. The number of carbonyl (C=O) groups is 1. The predicted molar refractivity (Wildman–Crippen MR) is 71.3 cm³/mol. The zero-order chi connectivity index (χ0) is 14.6. The molecule has 0 saturated heterocycles. The maximum atomic E-state index is 12.4. The van der Waals surface area contributed by atoms with Gasteiger partial charge in [0.2, 0.25) is 0 Å². The lowest BCUT2D eigenvalue weighted by Gasteiger charge is -2.05. The number of halogens is 3. The fourth-order valence-corrected chi connectivity index (χ4v) is 1.65. The van der Waals surface area contributed by atoms with E-state index in [2.05, 4.69) is 0 Å². The Hall–Kier alpha value is -2.36. The molecule has 0 radical (unpaired) electrons. The van der Waals surface area contributed by atoms with Gasteiger partial charge in [-0.1, -0.05) is 48.5 Å². The third kappa shape index (κ3) is 3.57. The van der Waals surface area contributed by atoms with Gasteiger partial charge in [0.1, 0.15) is 0 Å². The number of ketones is 1. The highest BCUT2D eigenvalue weighted by Crippen LogP contribution is 2.29. The van der Waals surface area contributed by atoms with Gasteiger partial charge in [0.15, 0.2) is 5.78 Å². The molecule has 2 aromatic carbocycles. The van der Waals surface area contributed by atoms with Crippen LogP contribution in [0.3, 0.4) is 0 Å². The maximum Gasteiger partial charge on any atom is 0.416 e. The minimum atomic E-state index is -4.35. The van der Waals surface area contributed by atoms with E-state index in [9.17, 15) is 18.0 Å². The van der Waals surface area contributed by atoms with E-state index in [1.54, 1.807) is 30.3 Å². The van der Waals surface area contributed by atoms with Crippen LogP contribution >= 0.6 is 0 Å². The fraction of sp³-hybridized carbons (Fsp3) is 0.0625. The molecule has 0 spiro atoms. The Kier molecular flexibility index (Phi) is 4.03. The van der Waals surface area contributed by atoms with Crippen LogP contribution in [-0.2, 0) is 6.18 Å². The first-order valence-corrected chi connectivity index (χ1v) is 5.91. The molecule has 0 heterocycles. The van der Waals surface area contributed by atoms with Crippen LogP contribution in [-0.4, -0.2) is 5.78 Å². The number of benzene rings is 2. The molecule has 2 rings (SSSR count).